The number of nitriles is 1. The second-order valence-corrected chi connectivity index (χ2v) is 9.92. The Kier molecular flexibility index (Phi) is 5.65. The van der Waals surface area contributed by atoms with E-state index in [9.17, 15) is 5.26 Å². The van der Waals surface area contributed by atoms with E-state index in [2.05, 4.69) is 55.2 Å². The normalized spacial score (nSPS) is 27.5. The van der Waals surface area contributed by atoms with Gasteiger partial charge in [0.05, 0.1) is 32.2 Å². The fourth-order valence-corrected chi connectivity index (χ4v) is 6.98. The number of hydrogen-bond donors (Lipinski definition) is 0. The van der Waals surface area contributed by atoms with Crippen molar-refractivity contribution in [2.45, 2.75) is 49.6 Å². The molecule has 2 fully saturated rings. The van der Waals surface area contributed by atoms with Crippen LogP contribution in [-0.2, 0) is 5.41 Å². The average molecular weight is 484 g/mol. The fourth-order valence-electron chi connectivity index (χ4n) is 5.11. The van der Waals surface area contributed by atoms with Crippen molar-refractivity contribution in [1.82, 2.24) is 0 Å². The molecule has 0 radical (unpaired) electrons. The first-order chi connectivity index (χ1) is 11.6. The van der Waals surface area contributed by atoms with Gasteiger partial charge in [0.1, 0.15) is 5.41 Å². The van der Waals surface area contributed by atoms with Crippen LogP contribution < -0.4 is 24.0 Å². The lowest BCUT2D eigenvalue weighted by Crippen LogP contribution is -3.00. The zero-order chi connectivity index (χ0) is 16.8. The monoisotopic (exact) mass is 484 g/mol. The van der Waals surface area contributed by atoms with Gasteiger partial charge in [-0.2, -0.15) is 5.26 Å². The van der Waals surface area contributed by atoms with E-state index in [0.29, 0.717) is 5.92 Å². The number of quaternary nitrogens is 1. The molecule has 2 aromatic heterocycles. The van der Waals surface area contributed by atoms with Crippen molar-refractivity contribution in [3.8, 4) is 6.07 Å². The highest BCUT2D eigenvalue weighted by Crippen LogP contribution is 2.49. The SMILES string of the molecule is C[N+]1(C)[C@@H]2CC[C@H]1C[C@@H](CC(C#N)(c1cccs1)c1cccs1)C2.[I-]. The van der Waals surface area contributed by atoms with Gasteiger partial charge >= 0.3 is 0 Å². The third-order valence-corrected chi connectivity index (χ3v) is 8.66. The van der Waals surface area contributed by atoms with E-state index in [1.807, 2.05) is 0 Å². The van der Waals surface area contributed by atoms with Gasteiger partial charge in [-0.05, 0) is 35.2 Å². The maximum absolute atomic E-state index is 10.3. The summed E-state index contributed by atoms with van der Waals surface area (Å²) >= 11 is 3.48. The second-order valence-electron chi connectivity index (χ2n) is 8.03. The van der Waals surface area contributed by atoms with Crippen molar-refractivity contribution in [3.05, 3.63) is 44.8 Å². The van der Waals surface area contributed by atoms with Gasteiger partial charge < -0.3 is 28.5 Å². The van der Waals surface area contributed by atoms with Crippen LogP contribution >= 0.6 is 22.7 Å². The third-order valence-electron chi connectivity index (χ3n) is 6.60. The number of halogens is 1. The van der Waals surface area contributed by atoms with Crippen LogP contribution in [0, 0.1) is 17.2 Å². The Labute approximate surface area is 176 Å². The first-order valence-corrected chi connectivity index (χ1v) is 10.6. The molecule has 2 aromatic rings. The van der Waals surface area contributed by atoms with Gasteiger partial charge in [0.15, 0.2) is 0 Å². The van der Waals surface area contributed by atoms with Crippen LogP contribution in [0.4, 0.5) is 0 Å². The third kappa shape index (κ3) is 3.20. The predicted molar refractivity (Wildman–Crippen MR) is 101 cm³/mol. The van der Waals surface area contributed by atoms with Crippen molar-refractivity contribution in [2.75, 3.05) is 14.1 Å². The molecule has 3 atom stereocenters. The smallest absolute Gasteiger partial charge is 0.126 e. The standard InChI is InChI=1S/C20H25N2S2.HI/c1-22(2)16-7-8-17(22)12-15(11-16)13-20(14-21,18-5-3-9-23-18)19-6-4-10-24-19;/h3-6,9-10,15-17H,7-8,11-13H2,1-2H3;1H/q+1;/p-1/t15-,16+,17-;. The topological polar surface area (TPSA) is 23.8 Å². The fraction of sp³-hybridized carbons (Fsp3) is 0.550. The molecule has 0 saturated carbocycles. The summed E-state index contributed by atoms with van der Waals surface area (Å²) in [5, 5.41) is 14.5. The minimum absolute atomic E-state index is 0. The van der Waals surface area contributed by atoms with Gasteiger partial charge in [-0.25, -0.2) is 0 Å². The van der Waals surface area contributed by atoms with E-state index in [4.69, 9.17) is 0 Å². The molecule has 2 nitrogen and oxygen atoms in total. The summed E-state index contributed by atoms with van der Waals surface area (Å²) in [5.74, 6) is 0.664. The van der Waals surface area contributed by atoms with Crippen LogP contribution in [-0.4, -0.2) is 30.7 Å². The number of nitrogens with zero attached hydrogens (tertiary/aromatic N) is 2. The van der Waals surface area contributed by atoms with Gasteiger partial charge in [-0.3, -0.25) is 0 Å². The number of hydrogen-bond acceptors (Lipinski definition) is 3. The van der Waals surface area contributed by atoms with Crippen LogP contribution in [0.2, 0.25) is 0 Å². The van der Waals surface area contributed by atoms with Crippen LogP contribution in [0.15, 0.2) is 35.0 Å². The molecule has 0 spiro atoms. The van der Waals surface area contributed by atoms with Crippen LogP contribution in [0.3, 0.4) is 0 Å². The Morgan fingerprint density at radius 2 is 1.60 bits per heavy atom. The number of piperidine rings is 1. The molecule has 0 aliphatic carbocycles. The molecule has 2 aliphatic rings. The van der Waals surface area contributed by atoms with Crippen molar-refractivity contribution in [2.24, 2.45) is 5.92 Å². The summed E-state index contributed by atoms with van der Waals surface area (Å²) in [6.45, 7) is 0. The maximum atomic E-state index is 10.3. The van der Waals surface area contributed by atoms with Crippen molar-refractivity contribution < 1.29 is 28.5 Å². The first kappa shape index (κ1) is 19.3. The number of thiophene rings is 2. The van der Waals surface area contributed by atoms with Crippen molar-refractivity contribution >= 4 is 22.7 Å². The molecule has 5 heteroatoms. The van der Waals surface area contributed by atoms with Gasteiger partial charge in [0.25, 0.3) is 0 Å². The first-order valence-electron chi connectivity index (χ1n) is 8.89. The second kappa shape index (κ2) is 7.30. The Hall–Kier alpha value is -0.420. The lowest BCUT2D eigenvalue weighted by Gasteiger charge is -2.45. The average Bonchev–Trinajstić information content (AvgIpc) is 3.28. The van der Waals surface area contributed by atoms with E-state index in [1.54, 1.807) is 22.7 Å². The molecular weight excluding hydrogens is 459 g/mol. The molecule has 25 heavy (non-hydrogen) atoms. The molecule has 2 saturated heterocycles. The van der Waals surface area contributed by atoms with Gasteiger partial charge in [0, 0.05) is 35.4 Å². The Morgan fingerprint density at radius 3 is 2.00 bits per heavy atom. The molecule has 4 rings (SSSR count). The molecule has 0 N–H and O–H groups in total. The Bertz CT molecular complexity index is 680. The molecule has 4 heterocycles. The van der Waals surface area contributed by atoms with Crippen molar-refractivity contribution in [1.29, 1.82) is 5.26 Å². The maximum Gasteiger partial charge on any atom is 0.126 e. The lowest BCUT2D eigenvalue weighted by molar-refractivity contribution is -0.931. The lowest BCUT2D eigenvalue weighted by atomic mass is 9.73. The Balaban J connectivity index is 0.00000182. The van der Waals surface area contributed by atoms with Gasteiger partial charge in [0.2, 0.25) is 0 Å². The molecule has 0 amide bonds. The minimum Gasteiger partial charge on any atom is -1.00 e. The van der Waals surface area contributed by atoms with E-state index >= 15 is 0 Å². The quantitative estimate of drug-likeness (QED) is 0.482. The number of fused-ring (bicyclic) bond motifs is 2. The zero-order valence-electron chi connectivity index (χ0n) is 14.8. The van der Waals surface area contributed by atoms with Gasteiger partial charge in [-0.1, -0.05) is 12.1 Å². The summed E-state index contributed by atoms with van der Waals surface area (Å²) in [6.07, 6.45) is 6.28. The Morgan fingerprint density at radius 1 is 1.08 bits per heavy atom. The number of rotatable bonds is 4. The molecule has 0 aromatic carbocycles. The van der Waals surface area contributed by atoms with Crippen molar-refractivity contribution in [3.63, 3.8) is 0 Å². The molecule has 134 valence electrons. The predicted octanol–water partition coefficient (Wildman–Crippen LogP) is 2.03. The van der Waals surface area contributed by atoms with Crippen LogP contribution in [0.25, 0.3) is 0 Å². The molecule has 2 bridgehead atoms. The van der Waals surface area contributed by atoms with E-state index < -0.39 is 5.41 Å². The van der Waals surface area contributed by atoms with Crippen LogP contribution in [0.5, 0.6) is 0 Å². The summed E-state index contributed by atoms with van der Waals surface area (Å²) < 4.78 is 1.20. The van der Waals surface area contributed by atoms with E-state index in [0.717, 1.165) is 18.5 Å². The minimum atomic E-state index is -0.444. The van der Waals surface area contributed by atoms with Crippen LogP contribution in [0.1, 0.15) is 41.9 Å². The molecular formula is C20H25IN2S2. The van der Waals surface area contributed by atoms with E-state index in [1.165, 1.54) is 39.9 Å². The highest BCUT2D eigenvalue weighted by atomic mass is 127. The zero-order valence-corrected chi connectivity index (χ0v) is 18.6. The summed E-state index contributed by atoms with van der Waals surface area (Å²) in [6, 6.07) is 12.8. The highest BCUT2D eigenvalue weighted by Gasteiger charge is 2.51. The summed E-state index contributed by atoms with van der Waals surface area (Å²) in [4.78, 5) is 2.44. The molecule has 0 unspecified atom stereocenters. The highest BCUT2D eigenvalue weighted by molar-refractivity contribution is 7.11. The summed E-state index contributed by atoms with van der Waals surface area (Å²) in [7, 11) is 4.82. The molecule has 2 aliphatic heterocycles. The van der Waals surface area contributed by atoms with E-state index in [-0.39, 0.29) is 24.0 Å². The largest absolute Gasteiger partial charge is 1.00 e. The van der Waals surface area contributed by atoms with Gasteiger partial charge in [-0.15, -0.1) is 22.7 Å². The summed E-state index contributed by atoms with van der Waals surface area (Å²) in [5.41, 5.74) is -0.444.